The van der Waals surface area contributed by atoms with Crippen molar-refractivity contribution in [1.29, 1.82) is 0 Å². The molecule has 1 atom stereocenters. The number of hydrogen-bond donors (Lipinski definition) is 1. The van der Waals surface area contributed by atoms with Crippen LogP contribution in [0, 0.1) is 11.3 Å². The van der Waals surface area contributed by atoms with Crippen molar-refractivity contribution in [3.8, 4) is 0 Å². The Balaban J connectivity index is 1.86. The molecule has 0 unspecified atom stereocenters. The van der Waals surface area contributed by atoms with Crippen LogP contribution in [-0.2, 0) is 21.4 Å². The molecule has 1 aliphatic heterocycles. The maximum atomic E-state index is 13.0. The number of allylic oxidation sites excluding steroid dienone is 1. The molecular formula is C26H36ClNO3. The number of carboxylic acids is 1. The van der Waals surface area contributed by atoms with Crippen molar-refractivity contribution in [2.24, 2.45) is 11.3 Å². The Kier molecular flexibility index (Phi) is 7.20. The van der Waals surface area contributed by atoms with Crippen LogP contribution in [0.25, 0.3) is 0 Å². The second kappa shape index (κ2) is 9.36. The molecule has 5 heteroatoms. The summed E-state index contributed by atoms with van der Waals surface area (Å²) in [6.07, 6.45) is 8.52. The van der Waals surface area contributed by atoms with Crippen LogP contribution in [0.2, 0.25) is 5.02 Å². The van der Waals surface area contributed by atoms with E-state index in [1.54, 1.807) is 4.90 Å². The summed E-state index contributed by atoms with van der Waals surface area (Å²) in [5.41, 5.74) is 3.46. The molecule has 0 spiro atoms. The van der Waals surface area contributed by atoms with E-state index in [0.29, 0.717) is 25.3 Å². The maximum Gasteiger partial charge on any atom is 0.303 e. The van der Waals surface area contributed by atoms with Crippen LogP contribution in [0.3, 0.4) is 0 Å². The van der Waals surface area contributed by atoms with Crippen molar-refractivity contribution >= 4 is 23.5 Å². The number of amides is 1. The number of halogens is 1. The standard InChI is InChI=1S/C26H36ClNO3/c1-25(2,3)13-12-19-10-11-20(15-22(19)27)26(4)16-23(29)28(14-6-9-24(30)31)17-21(26)18-7-5-8-18/h10-11,15,17-18H,5-9,12-14,16H2,1-4H3,(H,30,31)/t26-/m0/s1. The normalized spacial score (nSPS) is 22.3. The zero-order valence-electron chi connectivity index (χ0n) is 19.3. The van der Waals surface area contributed by atoms with Gasteiger partial charge in [-0.2, -0.15) is 0 Å². The first-order valence-electron chi connectivity index (χ1n) is 11.5. The molecular weight excluding hydrogens is 410 g/mol. The zero-order valence-corrected chi connectivity index (χ0v) is 20.1. The lowest BCUT2D eigenvalue weighted by atomic mass is 9.63. The molecule has 0 saturated heterocycles. The number of rotatable bonds is 8. The van der Waals surface area contributed by atoms with Crippen LogP contribution in [0.1, 0.15) is 83.8 Å². The summed E-state index contributed by atoms with van der Waals surface area (Å²) < 4.78 is 0. The summed E-state index contributed by atoms with van der Waals surface area (Å²) >= 11 is 6.71. The number of hydrogen-bond acceptors (Lipinski definition) is 2. The number of aryl methyl sites for hydroxylation is 1. The first-order valence-corrected chi connectivity index (χ1v) is 11.9. The minimum atomic E-state index is -0.821. The van der Waals surface area contributed by atoms with Gasteiger partial charge in [-0.25, -0.2) is 0 Å². The third-order valence-electron chi connectivity index (χ3n) is 6.93. The topological polar surface area (TPSA) is 57.6 Å². The van der Waals surface area contributed by atoms with Gasteiger partial charge in [0.1, 0.15) is 0 Å². The SMILES string of the molecule is CC(C)(C)CCc1ccc([C@]2(C)CC(=O)N(CCCC(=O)O)C=C2C2CCC2)cc1Cl. The molecule has 31 heavy (non-hydrogen) atoms. The molecule has 1 saturated carbocycles. The quantitative estimate of drug-likeness (QED) is 0.506. The lowest BCUT2D eigenvalue weighted by Crippen LogP contribution is -2.44. The third kappa shape index (κ3) is 5.71. The first kappa shape index (κ1) is 23.8. The van der Waals surface area contributed by atoms with Crippen molar-refractivity contribution in [1.82, 2.24) is 4.90 Å². The van der Waals surface area contributed by atoms with Gasteiger partial charge in [0.05, 0.1) is 0 Å². The Hall–Kier alpha value is -1.81. The van der Waals surface area contributed by atoms with E-state index < -0.39 is 5.97 Å². The van der Waals surface area contributed by atoms with Gasteiger partial charge in [0, 0.05) is 36.0 Å². The molecule has 4 nitrogen and oxygen atoms in total. The lowest BCUT2D eigenvalue weighted by molar-refractivity contribution is -0.138. The minimum absolute atomic E-state index is 0.0592. The molecule has 1 aromatic carbocycles. The Morgan fingerprint density at radius 3 is 2.55 bits per heavy atom. The highest BCUT2D eigenvalue weighted by molar-refractivity contribution is 6.31. The second-order valence-electron chi connectivity index (χ2n) is 10.7. The number of nitrogens with zero attached hydrogens (tertiary/aromatic N) is 1. The summed E-state index contributed by atoms with van der Waals surface area (Å²) in [5.74, 6) is -0.276. The first-order chi connectivity index (χ1) is 14.5. The van der Waals surface area contributed by atoms with Gasteiger partial charge in [0.2, 0.25) is 5.91 Å². The fourth-order valence-corrected chi connectivity index (χ4v) is 4.90. The predicted molar refractivity (Wildman–Crippen MR) is 125 cm³/mol. The van der Waals surface area contributed by atoms with E-state index in [9.17, 15) is 9.59 Å². The third-order valence-corrected chi connectivity index (χ3v) is 7.28. The van der Waals surface area contributed by atoms with Gasteiger partial charge in [-0.1, -0.05) is 57.8 Å². The molecule has 1 N–H and O–H groups in total. The van der Waals surface area contributed by atoms with Crippen LogP contribution < -0.4 is 0 Å². The van der Waals surface area contributed by atoms with E-state index in [-0.39, 0.29) is 23.2 Å². The summed E-state index contributed by atoms with van der Waals surface area (Å²) in [7, 11) is 0. The van der Waals surface area contributed by atoms with E-state index in [0.717, 1.165) is 41.8 Å². The van der Waals surface area contributed by atoms with Crippen LogP contribution in [0.15, 0.2) is 30.0 Å². The smallest absolute Gasteiger partial charge is 0.303 e. The summed E-state index contributed by atoms with van der Waals surface area (Å²) in [6.45, 7) is 9.35. The second-order valence-corrected chi connectivity index (χ2v) is 11.1. The van der Waals surface area contributed by atoms with Crippen LogP contribution in [0.5, 0.6) is 0 Å². The van der Waals surface area contributed by atoms with Gasteiger partial charge in [0.15, 0.2) is 0 Å². The summed E-state index contributed by atoms with van der Waals surface area (Å²) in [6, 6.07) is 6.36. The zero-order chi connectivity index (χ0) is 22.8. The average Bonchev–Trinajstić information content (AvgIpc) is 2.61. The van der Waals surface area contributed by atoms with Gasteiger partial charge >= 0.3 is 5.97 Å². The molecule has 1 fully saturated rings. The van der Waals surface area contributed by atoms with Crippen LogP contribution >= 0.6 is 11.6 Å². The van der Waals surface area contributed by atoms with E-state index in [1.807, 2.05) is 6.20 Å². The highest BCUT2D eigenvalue weighted by atomic mass is 35.5. The van der Waals surface area contributed by atoms with Crippen molar-refractivity contribution in [3.63, 3.8) is 0 Å². The van der Waals surface area contributed by atoms with Gasteiger partial charge in [0.25, 0.3) is 0 Å². The molecule has 3 rings (SSSR count). The molecule has 1 aliphatic carbocycles. The maximum absolute atomic E-state index is 13.0. The monoisotopic (exact) mass is 445 g/mol. The fraction of sp³-hybridized carbons (Fsp3) is 0.615. The number of carbonyl (C=O) groups excluding carboxylic acids is 1. The van der Waals surface area contributed by atoms with Crippen molar-refractivity contribution in [2.45, 2.75) is 84.5 Å². The lowest BCUT2D eigenvalue weighted by Gasteiger charge is -2.45. The van der Waals surface area contributed by atoms with Crippen LogP contribution in [-0.4, -0.2) is 28.4 Å². The molecule has 2 aliphatic rings. The number of benzene rings is 1. The van der Waals surface area contributed by atoms with E-state index in [4.69, 9.17) is 16.7 Å². The van der Waals surface area contributed by atoms with Gasteiger partial charge in [-0.05, 0) is 66.2 Å². The highest BCUT2D eigenvalue weighted by Crippen LogP contribution is 2.49. The number of aliphatic carboxylic acids is 1. The van der Waals surface area contributed by atoms with Gasteiger partial charge in [-0.15, -0.1) is 0 Å². The molecule has 0 radical (unpaired) electrons. The van der Waals surface area contributed by atoms with Crippen LogP contribution in [0.4, 0.5) is 0 Å². The average molecular weight is 446 g/mol. The van der Waals surface area contributed by atoms with Gasteiger partial charge in [-0.3, -0.25) is 9.59 Å². The minimum Gasteiger partial charge on any atom is -0.481 e. The number of carbonyl (C=O) groups is 2. The molecule has 0 aromatic heterocycles. The number of carboxylic acid groups (broad SMARTS) is 1. The Labute approximate surface area is 191 Å². The molecule has 0 bridgehead atoms. The van der Waals surface area contributed by atoms with Gasteiger partial charge < -0.3 is 10.0 Å². The van der Waals surface area contributed by atoms with E-state index in [2.05, 4.69) is 45.9 Å². The Morgan fingerprint density at radius 2 is 2.00 bits per heavy atom. The summed E-state index contributed by atoms with van der Waals surface area (Å²) in [5, 5.41) is 9.71. The van der Waals surface area contributed by atoms with Crippen molar-refractivity contribution in [3.05, 3.63) is 46.1 Å². The molecule has 170 valence electrons. The molecule has 1 heterocycles. The molecule has 1 aromatic rings. The fourth-order valence-electron chi connectivity index (χ4n) is 4.63. The Morgan fingerprint density at radius 1 is 1.29 bits per heavy atom. The summed E-state index contributed by atoms with van der Waals surface area (Å²) in [4.78, 5) is 25.6. The molecule has 1 amide bonds. The van der Waals surface area contributed by atoms with Crippen molar-refractivity contribution < 1.29 is 14.7 Å². The van der Waals surface area contributed by atoms with E-state index >= 15 is 0 Å². The van der Waals surface area contributed by atoms with Crippen molar-refractivity contribution in [2.75, 3.05) is 6.54 Å². The largest absolute Gasteiger partial charge is 0.481 e. The Bertz CT molecular complexity index is 866. The predicted octanol–water partition coefficient (Wildman–Crippen LogP) is 6.36. The highest BCUT2D eigenvalue weighted by Gasteiger charge is 2.43. The van der Waals surface area contributed by atoms with E-state index in [1.165, 1.54) is 12.0 Å².